The fraction of sp³-hybridized carbons (Fsp3) is 0.538. The number of carbonyl (C=O) groups is 1. The summed E-state index contributed by atoms with van der Waals surface area (Å²) in [5.41, 5.74) is 5.39. The van der Waals surface area contributed by atoms with Crippen LogP contribution in [-0.4, -0.2) is 22.6 Å². The van der Waals surface area contributed by atoms with Crippen LogP contribution in [0.2, 0.25) is 0 Å². The van der Waals surface area contributed by atoms with Gasteiger partial charge in [-0.25, -0.2) is 0 Å². The highest BCUT2D eigenvalue weighted by atomic mass is 16.2. The van der Waals surface area contributed by atoms with Gasteiger partial charge in [-0.05, 0) is 18.9 Å². The van der Waals surface area contributed by atoms with E-state index < -0.39 is 5.54 Å². The summed E-state index contributed by atoms with van der Waals surface area (Å²) in [6, 6.07) is 2.95. The zero-order valence-electron chi connectivity index (χ0n) is 11.4. The van der Waals surface area contributed by atoms with E-state index in [0.717, 1.165) is 0 Å². The van der Waals surface area contributed by atoms with E-state index in [4.69, 9.17) is 5.73 Å². The molecule has 1 rings (SSSR count). The van der Waals surface area contributed by atoms with Crippen LogP contribution in [-0.2, 0) is 7.05 Å². The zero-order chi connectivity index (χ0) is 13.9. The smallest absolute Gasteiger partial charge is 0.252 e. The van der Waals surface area contributed by atoms with Gasteiger partial charge in [0.05, 0.1) is 5.54 Å². The van der Waals surface area contributed by atoms with Gasteiger partial charge in [-0.3, -0.25) is 9.59 Å². The minimum absolute atomic E-state index is 0.206. The molecule has 0 saturated heterocycles. The maximum absolute atomic E-state index is 12.1. The SMILES string of the molecule is CC(C)C(C)(CN)NC(=O)c1ccn(C)c(=O)c1. The minimum atomic E-state index is -0.474. The summed E-state index contributed by atoms with van der Waals surface area (Å²) in [6.45, 7) is 6.24. The third kappa shape index (κ3) is 2.98. The van der Waals surface area contributed by atoms with Crippen LogP contribution in [0.5, 0.6) is 0 Å². The van der Waals surface area contributed by atoms with Crippen LogP contribution in [0.1, 0.15) is 31.1 Å². The molecule has 0 spiro atoms. The van der Waals surface area contributed by atoms with Crippen molar-refractivity contribution in [3.05, 3.63) is 34.2 Å². The average molecular weight is 251 g/mol. The van der Waals surface area contributed by atoms with E-state index in [0.29, 0.717) is 12.1 Å². The van der Waals surface area contributed by atoms with Crippen LogP contribution in [0.25, 0.3) is 0 Å². The van der Waals surface area contributed by atoms with Gasteiger partial charge in [0.15, 0.2) is 0 Å². The lowest BCUT2D eigenvalue weighted by Crippen LogP contribution is -2.55. The van der Waals surface area contributed by atoms with Gasteiger partial charge in [0.25, 0.3) is 11.5 Å². The molecule has 1 aromatic heterocycles. The first kappa shape index (κ1) is 14.4. The van der Waals surface area contributed by atoms with Crippen LogP contribution in [0, 0.1) is 5.92 Å². The van der Waals surface area contributed by atoms with E-state index in [1.807, 2.05) is 20.8 Å². The summed E-state index contributed by atoms with van der Waals surface area (Å²) in [5.74, 6) is -0.0626. The molecule has 5 nitrogen and oxygen atoms in total. The number of nitrogens with two attached hydrogens (primary N) is 1. The third-order valence-corrected chi connectivity index (χ3v) is 3.46. The van der Waals surface area contributed by atoms with Gasteiger partial charge in [0.2, 0.25) is 0 Å². The second-order valence-electron chi connectivity index (χ2n) is 5.09. The molecular formula is C13H21N3O2. The molecule has 1 unspecified atom stereocenters. The van der Waals surface area contributed by atoms with Crippen LogP contribution >= 0.6 is 0 Å². The van der Waals surface area contributed by atoms with Crippen LogP contribution in [0.3, 0.4) is 0 Å². The monoisotopic (exact) mass is 251 g/mol. The highest BCUT2D eigenvalue weighted by Gasteiger charge is 2.28. The van der Waals surface area contributed by atoms with Crippen molar-refractivity contribution in [3.63, 3.8) is 0 Å². The fourth-order valence-corrected chi connectivity index (χ4v) is 1.45. The van der Waals surface area contributed by atoms with Gasteiger partial charge in [-0.1, -0.05) is 13.8 Å². The largest absolute Gasteiger partial charge is 0.345 e. The van der Waals surface area contributed by atoms with Gasteiger partial charge in [0.1, 0.15) is 0 Å². The third-order valence-electron chi connectivity index (χ3n) is 3.46. The number of carbonyl (C=O) groups excluding carboxylic acids is 1. The summed E-state index contributed by atoms with van der Waals surface area (Å²) in [7, 11) is 1.64. The number of hydrogen-bond acceptors (Lipinski definition) is 3. The predicted octanol–water partition coefficient (Wildman–Crippen LogP) is 0.489. The van der Waals surface area contributed by atoms with Crippen molar-refractivity contribution in [2.24, 2.45) is 18.7 Å². The highest BCUT2D eigenvalue weighted by Crippen LogP contribution is 2.15. The molecule has 3 N–H and O–H groups in total. The number of pyridine rings is 1. The number of aromatic nitrogens is 1. The molecular weight excluding hydrogens is 230 g/mol. The minimum Gasteiger partial charge on any atom is -0.345 e. The summed E-state index contributed by atoms with van der Waals surface area (Å²) >= 11 is 0. The van der Waals surface area contributed by atoms with E-state index in [1.165, 1.54) is 10.6 Å². The Morgan fingerprint density at radius 2 is 2.17 bits per heavy atom. The van der Waals surface area contributed by atoms with Crippen molar-refractivity contribution in [1.82, 2.24) is 9.88 Å². The van der Waals surface area contributed by atoms with Crippen molar-refractivity contribution >= 4 is 5.91 Å². The number of nitrogens with zero attached hydrogens (tertiary/aromatic N) is 1. The van der Waals surface area contributed by atoms with E-state index >= 15 is 0 Å². The molecule has 0 fully saturated rings. The lowest BCUT2D eigenvalue weighted by molar-refractivity contribution is 0.0883. The van der Waals surface area contributed by atoms with Gasteiger partial charge in [-0.15, -0.1) is 0 Å². The highest BCUT2D eigenvalue weighted by molar-refractivity contribution is 5.94. The Hall–Kier alpha value is -1.62. The van der Waals surface area contributed by atoms with Gasteiger partial charge in [-0.2, -0.15) is 0 Å². The van der Waals surface area contributed by atoms with Crippen LogP contribution in [0.15, 0.2) is 23.1 Å². The zero-order valence-corrected chi connectivity index (χ0v) is 11.4. The van der Waals surface area contributed by atoms with Gasteiger partial charge in [0, 0.05) is 31.4 Å². The standard InChI is InChI=1S/C13H21N3O2/c1-9(2)13(3,8-14)15-12(18)10-5-6-16(4)11(17)7-10/h5-7,9H,8,14H2,1-4H3,(H,15,18). The average Bonchev–Trinajstić information content (AvgIpc) is 2.32. The quantitative estimate of drug-likeness (QED) is 0.817. The maximum Gasteiger partial charge on any atom is 0.252 e. The molecule has 1 heterocycles. The molecule has 0 aliphatic carbocycles. The molecule has 18 heavy (non-hydrogen) atoms. The Labute approximate surface area is 107 Å². The summed E-state index contributed by atoms with van der Waals surface area (Å²) in [5, 5.41) is 2.89. The van der Waals surface area contributed by atoms with E-state index in [9.17, 15) is 9.59 Å². The summed E-state index contributed by atoms with van der Waals surface area (Å²) < 4.78 is 1.42. The summed E-state index contributed by atoms with van der Waals surface area (Å²) in [6.07, 6.45) is 1.58. The molecule has 0 radical (unpaired) electrons. The number of nitrogens with one attached hydrogen (secondary N) is 1. The van der Waals surface area contributed by atoms with Gasteiger partial charge < -0.3 is 15.6 Å². The lowest BCUT2D eigenvalue weighted by Gasteiger charge is -2.33. The van der Waals surface area contributed by atoms with Crippen LogP contribution < -0.4 is 16.6 Å². The first-order valence-electron chi connectivity index (χ1n) is 5.99. The van der Waals surface area contributed by atoms with E-state index in [1.54, 1.807) is 19.3 Å². The topological polar surface area (TPSA) is 77.1 Å². The normalized spacial score (nSPS) is 14.3. The molecule has 0 bridgehead atoms. The molecule has 5 heteroatoms. The Balaban J connectivity index is 2.95. The molecule has 100 valence electrons. The van der Waals surface area contributed by atoms with Gasteiger partial charge >= 0.3 is 0 Å². The first-order valence-corrected chi connectivity index (χ1v) is 5.99. The van der Waals surface area contributed by atoms with E-state index in [-0.39, 0.29) is 17.4 Å². The molecule has 1 atom stereocenters. The Morgan fingerprint density at radius 1 is 1.56 bits per heavy atom. The molecule has 0 aromatic carbocycles. The van der Waals surface area contributed by atoms with Crippen molar-refractivity contribution in [3.8, 4) is 0 Å². The van der Waals surface area contributed by atoms with Crippen molar-refractivity contribution in [2.45, 2.75) is 26.3 Å². The molecule has 0 aliphatic heterocycles. The van der Waals surface area contributed by atoms with E-state index in [2.05, 4.69) is 5.32 Å². The molecule has 0 aliphatic rings. The second-order valence-corrected chi connectivity index (χ2v) is 5.09. The maximum atomic E-state index is 12.1. The number of rotatable bonds is 4. The van der Waals surface area contributed by atoms with Crippen molar-refractivity contribution in [1.29, 1.82) is 0 Å². The molecule has 1 aromatic rings. The Kier molecular flexibility index (Phi) is 4.29. The number of hydrogen-bond donors (Lipinski definition) is 2. The molecule has 1 amide bonds. The molecule has 0 saturated carbocycles. The second kappa shape index (κ2) is 5.35. The first-order chi connectivity index (χ1) is 8.30. The lowest BCUT2D eigenvalue weighted by atomic mass is 9.88. The Morgan fingerprint density at radius 3 is 2.61 bits per heavy atom. The van der Waals surface area contributed by atoms with Crippen LogP contribution in [0.4, 0.5) is 0 Å². The fourth-order valence-electron chi connectivity index (χ4n) is 1.45. The van der Waals surface area contributed by atoms with Crippen molar-refractivity contribution in [2.75, 3.05) is 6.54 Å². The number of aryl methyl sites for hydroxylation is 1. The predicted molar refractivity (Wildman–Crippen MR) is 71.4 cm³/mol. The summed E-state index contributed by atoms with van der Waals surface area (Å²) in [4.78, 5) is 23.5. The number of amides is 1. The van der Waals surface area contributed by atoms with Crippen molar-refractivity contribution < 1.29 is 4.79 Å². The Bertz CT molecular complexity index is 493.